The maximum absolute atomic E-state index is 12.8. The van der Waals surface area contributed by atoms with Gasteiger partial charge in [-0.2, -0.15) is 0 Å². The summed E-state index contributed by atoms with van der Waals surface area (Å²) in [5.74, 6) is 1.84. The van der Waals surface area contributed by atoms with Gasteiger partial charge in [-0.25, -0.2) is 0 Å². The van der Waals surface area contributed by atoms with Crippen molar-refractivity contribution in [1.82, 2.24) is 15.8 Å². The molecule has 2 N–H and O–H groups in total. The largest absolute Gasteiger partial charge is 0.469 e. The van der Waals surface area contributed by atoms with Crippen molar-refractivity contribution in [2.75, 3.05) is 19.6 Å². The molecule has 1 amide bonds. The second-order valence-electron chi connectivity index (χ2n) is 7.54. The van der Waals surface area contributed by atoms with E-state index < -0.39 is 0 Å². The lowest BCUT2D eigenvalue weighted by Gasteiger charge is -2.37. The number of hydrazine groups is 1. The molecule has 3 atom stereocenters. The van der Waals surface area contributed by atoms with Crippen LogP contribution in [-0.2, 0) is 6.42 Å². The van der Waals surface area contributed by atoms with Gasteiger partial charge in [-0.1, -0.05) is 30.3 Å². The van der Waals surface area contributed by atoms with Crippen LogP contribution in [0.25, 0.3) is 0 Å². The minimum Gasteiger partial charge on any atom is -0.469 e. The number of rotatable bonds is 4. The first-order chi connectivity index (χ1) is 12.7. The normalized spacial score (nSPS) is 26.2. The number of carbonyl (C=O) groups is 1. The minimum absolute atomic E-state index is 0.103. The van der Waals surface area contributed by atoms with Gasteiger partial charge >= 0.3 is 0 Å². The van der Waals surface area contributed by atoms with Gasteiger partial charge in [0.25, 0.3) is 5.91 Å². The Kier molecular flexibility index (Phi) is 5.09. The molecule has 5 nitrogen and oxygen atoms in total. The molecule has 1 aromatic carbocycles. The zero-order chi connectivity index (χ0) is 17.9. The second-order valence-corrected chi connectivity index (χ2v) is 7.54. The van der Waals surface area contributed by atoms with E-state index in [1.54, 1.807) is 12.3 Å². The molecule has 2 aliphatic heterocycles. The molecule has 2 saturated heterocycles. The van der Waals surface area contributed by atoms with E-state index in [1.807, 2.05) is 11.8 Å². The van der Waals surface area contributed by atoms with Crippen molar-refractivity contribution in [1.29, 1.82) is 0 Å². The SMILES string of the molecule is Cc1occc1C(=O)N1CCCC(C2NNCC2Cc2ccccc2)C1. The van der Waals surface area contributed by atoms with Crippen molar-refractivity contribution < 1.29 is 9.21 Å². The van der Waals surface area contributed by atoms with Crippen LogP contribution in [0.15, 0.2) is 47.1 Å². The van der Waals surface area contributed by atoms with Crippen molar-refractivity contribution >= 4 is 5.91 Å². The highest BCUT2D eigenvalue weighted by atomic mass is 16.3. The number of amides is 1. The maximum Gasteiger partial charge on any atom is 0.257 e. The molecule has 2 aromatic rings. The number of hydrogen-bond acceptors (Lipinski definition) is 4. The summed E-state index contributed by atoms with van der Waals surface area (Å²) in [6, 6.07) is 12.9. The summed E-state index contributed by atoms with van der Waals surface area (Å²) >= 11 is 0. The van der Waals surface area contributed by atoms with Crippen LogP contribution in [0.3, 0.4) is 0 Å². The summed E-state index contributed by atoms with van der Waals surface area (Å²) in [6.07, 6.45) is 4.89. The number of carbonyl (C=O) groups excluding carboxylic acids is 1. The van der Waals surface area contributed by atoms with E-state index in [-0.39, 0.29) is 5.91 Å². The molecule has 138 valence electrons. The van der Waals surface area contributed by atoms with Crippen LogP contribution in [-0.4, -0.2) is 36.5 Å². The summed E-state index contributed by atoms with van der Waals surface area (Å²) < 4.78 is 5.32. The van der Waals surface area contributed by atoms with E-state index in [9.17, 15) is 4.79 Å². The fourth-order valence-corrected chi connectivity index (χ4v) is 4.44. The molecule has 3 unspecified atom stereocenters. The van der Waals surface area contributed by atoms with Gasteiger partial charge in [-0.3, -0.25) is 15.6 Å². The van der Waals surface area contributed by atoms with Crippen molar-refractivity contribution in [3.05, 3.63) is 59.5 Å². The highest BCUT2D eigenvalue weighted by Crippen LogP contribution is 2.28. The van der Waals surface area contributed by atoms with Crippen LogP contribution in [0.2, 0.25) is 0 Å². The molecule has 4 rings (SSSR count). The lowest BCUT2D eigenvalue weighted by atomic mass is 9.81. The quantitative estimate of drug-likeness (QED) is 0.887. The molecule has 0 bridgehead atoms. The Morgan fingerprint density at radius 1 is 1.27 bits per heavy atom. The fraction of sp³-hybridized carbons (Fsp3) is 0.476. The monoisotopic (exact) mass is 353 g/mol. The molecule has 3 heterocycles. The Labute approximate surface area is 154 Å². The van der Waals surface area contributed by atoms with Gasteiger partial charge < -0.3 is 9.32 Å². The first kappa shape index (κ1) is 17.3. The number of nitrogens with zero attached hydrogens (tertiary/aromatic N) is 1. The van der Waals surface area contributed by atoms with Crippen LogP contribution in [0, 0.1) is 18.8 Å². The molecule has 5 heteroatoms. The van der Waals surface area contributed by atoms with Gasteiger partial charge in [-0.05, 0) is 49.7 Å². The topological polar surface area (TPSA) is 57.5 Å². The smallest absolute Gasteiger partial charge is 0.257 e. The van der Waals surface area contributed by atoms with Crippen LogP contribution < -0.4 is 10.9 Å². The summed E-state index contributed by atoms with van der Waals surface area (Å²) in [6.45, 7) is 4.48. The van der Waals surface area contributed by atoms with Gasteiger partial charge in [0.2, 0.25) is 0 Å². The van der Waals surface area contributed by atoms with Crippen molar-refractivity contribution in [2.24, 2.45) is 11.8 Å². The highest BCUT2D eigenvalue weighted by molar-refractivity contribution is 5.95. The van der Waals surface area contributed by atoms with E-state index >= 15 is 0 Å². The Balaban J connectivity index is 1.43. The van der Waals surface area contributed by atoms with Gasteiger partial charge in [0, 0.05) is 25.7 Å². The van der Waals surface area contributed by atoms with Crippen LogP contribution in [0.5, 0.6) is 0 Å². The van der Waals surface area contributed by atoms with Crippen LogP contribution in [0.1, 0.15) is 34.5 Å². The van der Waals surface area contributed by atoms with Crippen LogP contribution in [0.4, 0.5) is 0 Å². The predicted octanol–water partition coefficient (Wildman–Crippen LogP) is 2.78. The third-order valence-corrected chi connectivity index (χ3v) is 5.82. The molecular weight excluding hydrogens is 326 g/mol. The Hall–Kier alpha value is -2.11. The average Bonchev–Trinajstić information content (AvgIpc) is 3.31. The molecule has 0 saturated carbocycles. The second kappa shape index (κ2) is 7.64. The molecule has 0 radical (unpaired) electrons. The van der Waals surface area contributed by atoms with Gasteiger partial charge in [0.15, 0.2) is 0 Å². The lowest BCUT2D eigenvalue weighted by molar-refractivity contribution is 0.0633. The number of benzene rings is 1. The highest BCUT2D eigenvalue weighted by Gasteiger charge is 2.37. The number of nitrogens with one attached hydrogen (secondary N) is 2. The van der Waals surface area contributed by atoms with Crippen molar-refractivity contribution in [2.45, 2.75) is 32.2 Å². The summed E-state index contributed by atoms with van der Waals surface area (Å²) in [5.41, 5.74) is 8.93. The Morgan fingerprint density at radius 3 is 2.88 bits per heavy atom. The maximum atomic E-state index is 12.8. The number of hydrogen-bond donors (Lipinski definition) is 2. The zero-order valence-electron chi connectivity index (χ0n) is 15.3. The third kappa shape index (κ3) is 3.55. The van der Waals surface area contributed by atoms with E-state index in [2.05, 4.69) is 41.2 Å². The summed E-state index contributed by atoms with van der Waals surface area (Å²) in [7, 11) is 0. The predicted molar refractivity (Wildman–Crippen MR) is 101 cm³/mol. The molecule has 2 aliphatic rings. The average molecular weight is 353 g/mol. The minimum atomic E-state index is 0.103. The number of piperidine rings is 1. The van der Waals surface area contributed by atoms with Gasteiger partial charge in [-0.15, -0.1) is 0 Å². The molecule has 1 aromatic heterocycles. The Bertz CT molecular complexity index is 743. The summed E-state index contributed by atoms with van der Waals surface area (Å²) in [4.78, 5) is 14.9. The standard InChI is InChI=1S/C21H27N3O2/c1-15-19(9-11-26-15)21(25)24-10-5-8-17(14-24)20-18(13-22-23-20)12-16-6-3-2-4-7-16/h2-4,6-7,9,11,17-18,20,22-23H,5,8,10,12-14H2,1H3. The van der Waals surface area contributed by atoms with Crippen LogP contribution >= 0.6 is 0 Å². The Morgan fingerprint density at radius 2 is 2.12 bits per heavy atom. The number of aryl methyl sites for hydroxylation is 1. The number of likely N-dealkylation sites (tertiary alicyclic amines) is 1. The van der Waals surface area contributed by atoms with E-state index in [0.717, 1.165) is 32.5 Å². The van der Waals surface area contributed by atoms with Crippen molar-refractivity contribution in [3.8, 4) is 0 Å². The molecular formula is C21H27N3O2. The van der Waals surface area contributed by atoms with Gasteiger partial charge in [0.1, 0.15) is 5.76 Å². The molecule has 0 aliphatic carbocycles. The lowest BCUT2D eigenvalue weighted by Crippen LogP contribution is -2.48. The molecule has 2 fully saturated rings. The molecule has 0 spiro atoms. The zero-order valence-corrected chi connectivity index (χ0v) is 15.3. The first-order valence-corrected chi connectivity index (χ1v) is 9.58. The fourth-order valence-electron chi connectivity index (χ4n) is 4.44. The van der Waals surface area contributed by atoms with Gasteiger partial charge in [0.05, 0.1) is 11.8 Å². The summed E-state index contributed by atoms with van der Waals surface area (Å²) in [5, 5.41) is 0. The van der Waals surface area contributed by atoms with E-state index in [4.69, 9.17) is 4.42 Å². The third-order valence-electron chi connectivity index (χ3n) is 5.82. The van der Waals surface area contributed by atoms with E-state index in [0.29, 0.717) is 29.2 Å². The first-order valence-electron chi connectivity index (χ1n) is 9.58. The molecule has 26 heavy (non-hydrogen) atoms. The van der Waals surface area contributed by atoms with Crippen molar-refractivity contribution in [3.63, 3.8) is 0 Å². The number of furan rings is 1. The van der Waals surface area contributed by atoms with E-state index in [1.165, 1.54) is 12.0 Å².